The van der Waals surface area contributed by atoms with Crippen molar-refractivity contribution in [3.8, 4) is 0 Å². The first kappa shape index (κ1) is 12.7. The highest BCUT2D eigenvalue weighted by molar-refractivity contribution is 5.97. The van der Waals surface area contributed by atoms with E-state index in [0.717, 1.165) is 0 Å². The minimum Gasteiger partial charge on any atom is -0.481 e. The van der Waals surface area contributed by atoms with Crippen molar-refractivity contribution >= 4 is 17.8 Å². The molecule has 0 aromatic heterocycles. The quantitative estimate of drug-likeness (QED) is 0.745. The third kappa shape index (κ3) is 4.00. The first-order chi connectivity index (χ1) is 7.28. The monoisotopic (exact) mass is 227 g/mol. The summed E-state index contributed by atoms with van der Waals surface area (Å²) in [6.45, 7) is 5.29. The largest absolute Gasteiger partial charge is 0.481 e. The lowest BCUT2D eigenvalue weighted by Gasteiger charge is -2.17. The van der Waals surface area contributed by atoms with Crippen LogP contribution in [0.5, 0.6) is 0 Å². The van der Waals surface area contributed by atoms with Crippen LogP contribution in [0.1, 0.15) is 40.0 Å². The van der Waals surface area contributed by atoms with Crippen LogP contribution in [-0.2, 0) is 9.53 Å². The third-order valence-corrected chi connectivity index (χ3v) is 2.26. The second kappa shape index (κ2) is 4.63. The smallest absolute Gasteiger partial charge is 0.434 e. The minimum atomic E-state index is -0.825. The van der Waals surface area contributed by atoms with E-state index in [1.165, 1.54) is 0 Å². The van der Waals surface area contributed by atoms with Gasteiger partial charge < -0.3 is 9.84 Å². The van der Waals surface area contributed by atoms with Crippen LogP contribution in [0.3, 0.4) is 0 Å². The molecule has 1 saturated carbocycles. The van der Waals surface area contributed by atoms with E-state index in [1.807, 2.05) is 0 Å². The summed E-state index contributed by atoms with van der Waals surface area (Å²) in [6, 6.07) is 0. The number of aliphatic imine (C=N–C) groups is 1. The molecule has 1 fully saturated rings. The molecule has 0 heterocycles. The zero-order chi connectivity index (χ0) is 12.3. The van der Waals surface area contributed by atoms with E-state index in [9.17, 15) is 9.59 Å². The van der Waals surface area contributed by atoms with Gasteiger partial charge in [0.2, 0.25) is 0 Å². The van der Waals surface area contributed by atoms with Gasteiger partial charge in [-0.3, -0.25) is 4.79 Å². The van der Waals surface area contributed by atoms with E-state index in [0.29, 0.717) is 25.0 Å². The average Bonchev–Trinajstić information content (AvgIpc) is 2.48. The van der Waals surface area contributed by atoms with Gasteiger partial charge >= 0.3 is 12.1 Å². The van der Waals surface area contributed by atoms with Gasteiger partial charge in [0.15, 0.2) is 0 Å². The summed E-state index contributed by atoms with van der Waals surface area (Å²) < 4.78 is 5.02. The summed E-state index contributed by atoms with van der Waals surface area (Å²) in [4.78, 5) is 25.8. The van der Waals surface area contributed by atoms with E-state index in [4.69, 9.17) is 9.84 Å². The fourth-order valence-corrected chi connectivity index (χ4v) is 1.56. The van der Waals surface area contributed by atoms with Crippen LogP contribution < -0.4 is 0 Å². The van der Waals surface area contributed by atoms with E-state index in [-0.39, 0.29) is 0 Å². The van der Waals surface area contributed by atoms with Crippen molar-refractivity contribution in [3.05, 3.63) is 0 Å². The zero-order valence-electron chi connectivity index (χ0n) is 9.82. The SMILES string of the molecule is CC(C)(C)OC(=O)N=C1CC[C@H](C(=O)O)C1. The Morgan fingerprint density at radius 2 is 2.06 bits per heavy atom. The molecule has 0 saturated heterocycles. The van der Waals surface area contributed by atoms with E-state index in [2.05, 4.69) is 4.99 Å². The lowest BCUT2D eigenvalue weighted by Crippen LogP contribution is -2.22. The lowest BCUT2D eigenvalue weighted by atomic mass is 10.1. The molecule has 0 spiro atoms. The van der Waals surface area contributed by atoms with Crippen molar-refractivity contribution < 1.29 is 19.4 Å². The molecule has 5 heteroatoms. The average molecular weight is 227 g/mol. The molecule has 0 radical (unpaired) electrons. The van der Waals surface area contributed by atoms with Gasteiger partial charge in [-0.2, -0.15) is 4.99 Å². The second-order valence-corrected chi connectivity index (χ2v) is 4.94. The van der Waals surface area contributed by atoms with Gasteiger partial charge in [-0.25, -0.2) is 4.79 Å². The van der Waals surface area contributed by atoms with Gasteiger partial charge in [0.25, 0.3) is 0 Å². The number of aliphatic carboxylic acids is 1. The summed E-state index contributed by atoms with van der Waals surface area (Å²) in [6.07, 6.45) is 0.843. The van der Waals surface area contributed by atoms with Gasteiger partial charge in [0, 0.05) is 5.71 Å². The molecule has 90 valence electrons. The molecule has 1 atom stereocenters. The Labute approximate surface area is 94.5 Å². The summed E-state index contributed by atoms with van der Waals surface area (Å²) >= 11 is 0. The predicted octanol–water partition coefficient (Wildman–Crippen LogP) is 2.25. The highest BCUT2D eigenvalue weighted by Crippen LogP contribution is 2.23. The van der Waals surface area contributed by atoms with Crippen LogP contribution >= 0.6 is 0 Å². The number of hydrogen-bond donors (Lipinski definition) is 1. The van der Waals surface area contributed by atoms with Crippen LogP contribution in [0.25, 0.3) is 0 Å². The first-order valence-corrected chi connectivity index (χ1v) is 5.30. The van der Waals surface area contributed by atoms with Crippen molar-refractivity contribution in [3.63, 3.8) is 0 Å². The van der Waals surface area contributed by atoms with Crippen molar-refractivity contribution in [1.29, 1.82) is 0 Å². The maximum absolute atomic E-state index is 11.3. The molecule has 1 aliphatic rings. The Bertz CT molecular complexity index is 327. The molecule has 16 heavy (non-hydrogen) atoms. The van der Waals surface area contributed by atoms with Crippen LogP contribution in [0.2, 0.25) is 0 Å². The number of carbonyl (C=O) groups excluding carboxylic acids is 1. The zero-order valence-corrected chi connectivity index (χ0v) is 9.82. The Morgan fingerprint density at radius 3 is 2.50 bits per heavy atom. The van der Waals surface area contributed by atoms with Gasteiger partial charge in [-0.1, -0.05) is 0 Å². The molecular weight excluding hydrogens is 210 g/mol. The molecule has 0 aromatic rings. The second-order valence-electron chi connectivity index (χ2n) is 4.94. The third-order valence-electron chi connectivity index (χ3n) is 2.26. The molecule has 1 N–H and O–H groups in total. The van der Waals surface area contributed by atoms with Gasteiger partial charge in [0.1, 0.15) is 5.60 Å². The van der Waals surface area contributed by atoms with Crippen LogP contribution in [0, 0.1) is 5.92 Å². The van der Waals surface area contributed by atoms with E-state index in [1.54, 1.807) is 20.8 Å². The minimum absolute atomic E-state index is 0.356. The number of hydrogen-bond acceptors (Lipinski definition) is 3. The van der Waals surface area contributed by atoms with Gasteiger partial charge in [-0.15, -0.1) is 0 Å². The van der Waals surface area contributed by atoms with Crippen molar-refractivity contribution in [2.75, 3.05) is 0 Å². The molecule has 5 nitrogen and oxygen atoms in total. The molecule has 0 aromatic carbocycles. The fourth-order valence-electron chi connectivity index (χ4n) is 1.56. The highest BCUT2D eigenvalue weighted by atomic mass is 16.6. The summed E-state index contributed by atoms with van der Waals surface area (Å²) in [5.74, 6) is -1.23. The molecule has 0 aliphatic heterocycles. The fraction of sp³-hybridized carbons (Fsp3) is 0.727. The number of rotatable bonds is 1. The normalized spacial score (nSPS) is 23.4. The molecule has 1 amide bonds. The number of carboxylic acid groups (broad SMARTS) is 1. The Morgan fingerprint density at radius 1 is 1.44 bits per heavy atom. The van der Waals surface area contributed by atoms with Crippen LogP contribution in [0.4, 0.5) is 4.79 Å². The van der Waals surface area contributed by atoms with Gasteiger partial charge in [-0.05, 0) is 40.0 Å². The lowest BCUT2D eigenvalue weighted by molar-refractivity contribution is -0.141. The number of amides is 1. The van der Waals surface area contributed by atoms with E-state index < -0.39 is 23.6 Å². The van der Waals surface area contributed by atoms with Crippen LogP contribution in [-0.4, -0.2) is 28.5 Å². The van der Waals surface area contributed by atoms with E-state index >= 15 is 0 Å². The van der Waals surface area contributed by atoms with Crippen molar-refractivity contribution in [2.45, 2.75) is 45.6 Å². The van der Waals surface area contributed by atoms with Crippen molar-refractivity contribution in [2.24, 2.45) is 10.9 Å². The highest BCUT2D eigenvalue weighted by Gasteiger charge is 2.27. The van der Waals surface area contributed by atoms with Gasteiger partial charge in [0.05, 0.1) is 5.92 Å². The standard InChI is InChI=1S/C11H17NO4/c1-11(2,3)16-10(15)12-8-5-4-7(6-8)9(13)14/h7H,4-6H2,1-3H3,(H,13,14)/t7-/m0/s1. The topological polar surface area (TPSA) is 76.0 Å². The number of carboxylic acids is 1. The molecule has 1 aliphatic carbocycles. The number of ether oxygens (including phenoxy) is 1. The summed E-state index contributed by atoms with van der Waals surface area (Å²) in [5, 5.41) is 8.78. The predicted molar refractivity (Wildman–Crippen MR) is 58.6 cm³/mol. The van der Waals surface area contributed by atoms with Crippen molar-refractivity contribution in [1.82, 2.24) is 0 Å². The summed E-state index contributed by atoms with van der Waals surface area (Å²) in [5.41, 5.74) is 0.0630. The Balaban J connectivity index is 2.53. The van der Waals surface area contributed by atoms with Crippen LogP contribution in [0.15, 0.2) is 4.99 Å². The Kier molecular flexibility index (Phi) is 3.67. The Hall–Kier alpha value is -1.39. The molecule has 0 bridgehead atoms. The molecular formula is C11H17NO4. The first-order valence-electron chi connectivity index (χ1n) is 5.30. The molecule has 1 rings (SSSR count). The molecule has 0 unspecified atom stereocenters. The maximum Gasteiger partial charge on any atom is 0.434 e. The summed E-state index contributed by atoms with van der Waals surface area (Å²) in [7, 11) is 0. The maximum atomic E-state index is 11.3. The number of nitrogens with zero attached hydrogens (tertiary/aromatic N) is 1. The number of carbonyl (C=O) groups is 2.